The summed E-state index contributed by atoms with van der Waals surface area (Å²) in [6.07, 6.45) is 3.72. The maximum absolute atomic E-state index is 4.79. The molecule has 44 heavy (non-hydrogen) atoms. The second-order valence-corrected chi connectivity index (χ2v) is 10.8. The molecule has 0 fully saturated rings. The SMILES string of the molecule is [Pt+2].[c-]1c(-c2ccccn2)cccc1C1(c2[c-]c(-c3cc(-c4ccccc4)ccn3)ccc2)c2ccccc2-c2ccccc21. The van der Waals surface area contributed by atoms with E-state index in [-0.39, 0.29) is 21.1 Å². The Kier molecular flexibility index (Phi) is 7.38. The van der Waals surface area contributed by atoms with Crippen LogP contribution in [0.3, 0.4) is 0 Å². The summed E-state index contributed by atoms with van der Waals surface area (Å²) in [6, 6.07) is 58.7. The Morgan fingerprint density at radius 2 is 1.00 bits per heavy atom. The van der Waals surface area contributed by atoms with Crippen molar-refractivity contribution in [2.24, 2.45) is 0 Å². The molecule has 0 aliphatic heterocycles. The first-order valence-corrected chi connectivity index (χ1v) is 14.5. The van der Waals surface area contributed by atoms with Crippen LogP contribution in [-0.4, -0.2) is 9.97 Å². The van der Waals surface area contributed by atoms with Gasteiger partial charge in [0.1, 0.15) is 0 Å². The van der Waals surface area contributed by atoms with E-state index in [0.29, 0.717) is 0 Å². The molecule has 0 amide bonds. The van der Waals surface area contributed by atoms with E-state index in [1.165, 1.54) is 27.8 Å². The Morgan fingerprint density at radius 1 is 0.432 bits per heavy atom. The fraction of sp³-hybridized carbons (Fsp3) is 0.0244. The zero-order chi connectivity index (χ0) is 28.6. The fourth-order valence-electron chi connectivity index (χ4n) is 6.54. The minimum atomic E-state index is -0.620. The van der Waals surface area contributed by atoms with Gasteiger partial charge < -0.3 is 9.97 Å². The number of aromatic nitrogens is 2. The van der Waals surface area contributed by atoms with Crippen LogP contribution in [0.1, 0.15) is 22.3 Å². The monoisotopic (exact) mass is 741 g/mol. The summed E-state index contributed by atoms with van der Waals surface area (Å²) in [5, 5.41) is 0. The molecule has 0 saturated heterocycles. The minimum absolute atomic E-state index is 0. The summed E-state index contributed by atoms with van der Waals surface area (Å²) in [5.74, 6) is 0. The van der Waals surface area contributed by atoms with E-state index in [4.69, 9.17) is 4.98 Å². The standard InChI is InChI=1S/C41H26N2.Pt/c1-2-12-29(13-3-1)30-23-25-43-40(28-30)32-15-11-17-34(27-32)41(33-16-10-14-31(26-33)39-22-8-9-24-42-39)37-20-6-4-18-35(37)36-19-5-7-21-38(36)41;/h1-25,28H;/q-2;+2. The van der Waals surface area contributed by atoms with E-state index in [2.05, 4.69) is 138 Å². The van der Waals surface area contributed by atoms with Crippen LogP contribution < -0.4 is 0 Å². The van der Waals surface area contributed by atoms with Crippen molar-refractivity contribution in [2.75, 3.05) is 0 Å². The fourth-order valence-corrected chi connectivity index (χ4v) is 6.54. The van der Waals surface area contributed by atoms with E-state index in [0.717, 1.165) is 39.2 Å². The number of nitrogens with zero attached hydrogens (tertiary/aromatic N) is 2. The molecule has 2 aromatic heterocycles. The summed E-state index contributed by atoms with van der Waals surface area (Å²) in [5.41, 5.74) is 12.4. The van der Waals surface area contributed by atoms with Crippen LogP contribution in [0, 0.1) is 12.1 Å². The van der Waals surface area contributed by atoms with E-state index >= 15 is 0 Å². The molecule has 0 N–H and O–H groups in total. The Hall–Kier alpha value is -4.91. The van der Waals surface area contributed by atoms with Crippen LogP contribution in [0.2, 0.25) is 0 Å². The molecule has 2 nitrogen and oxygen atoms in total. The van der Waals surface area contributed by atoms with Crippen LogP contribution >= 0.6 is 0 Å². The van der Waals surface area contributed by atoms with Gasteiger partial charge >= 0.3 is 21.1 Å². The molecule has 2 heterocycles. The first kappa shape index (κ1) is 27.9. The normalized spacial score (nSPS) is 12.5. The van der Waals surface area contributed by atoms with Gasteiger partial charge in [-0.05, 0) is 56.9 Å². The smallest absolute Gasteiger partial charge is 0.305 e. The first-order valence-electron chi connectivity index (χ1n) is 14.5. The Labute approximate surface area is 272 Å². The zero-order valence-corrected chi connectivity index (χ0v) is 26.0. The summed E-state index contributed by atoms with van der Waals surface area (Å²) in [4.78, 5) is 9.43. The summed E-state index contributed by atoms with van der Waals surface area (Å²) in [6.45, 7) is 0. The number of hydrogen-bond donors (Lipinski definition) is 0. The zero-order valence-electron chi connectivity index (χ0n) is 23.7. The first-order chi connectivity index (χ1) is 21.3. The van der Waals surface area contributed by atoms with Crippen molar-refractivity contribution in [3.05, 3.63) is 192 Å². The number of rotatable bonds is 5. The maximum Gasteiger partial charge on any atom is 2.00 e. The van der Waals surface area contributed by atoms with Crippen LogP contribution in [0.4, 0.5) is 0 Å². The van der Waals surface area contributed by atoms with Gasteiger partial charge in [-0.25, -0.2) is 0 Å². The van der Waals surface area contributed by atoms with Crippen LogP contribution in [-0.2, 0) is 26.5 Å². The minimum Gasteiger partial charge on any atom is -0.305 e. The van der Waals surface area contributed by atoms with E-state index in [9.17, 15) is 0 Å². The Balaban J connectivity index is 0.00000312. The molecule has 0 spiro atoms. The average Bonchev–Trinajstić information content (AvgIpc) is 3.40. The summed E-state index contributed by atoms with van der Waals surface area (Å²) >= 11 is 0. The quantitative estimate of drug-likeness (QED) is 0.164. The average molecular weight is 742 g/mol. The molecule has 1 aliphatic rings. The maximum atomic E-state index is 4.79. The van der Waals surface area contributed by atoms with Crippen LogP contribution in [0.25, 0.3) is 44.8 Å². The van der Waals surface area contributed by atoms with E-state index in [1.54, 1.807) is 0 Å². The van der Waals surface area contributed by atoms with E-state index in [1.807, 2.05) is 36.7 Å². The third kappa shape index (κ3) is 4.55. The molecule has 210 valence electrons. The number of pyridine rings is 2. The molecule has 8 rings (SSSR count). The number of fused-ring (bicyclic) bond motifs is 3. The summed E-state index contributed by atoms with van der Waals surface area (Å²) in [7, 11) is 0. The van der Waals surface area contributed by atoms with Gasteiger partial charge in [0.05, 0.1) is 0 Å². The number of hydrogen-bond acceptors (Lipinski definition) is 2. The predicted octanol–water partition coefficient (Wildman–Crippen LogP) is 9.44. The molecule has 1 aliphatic carbocycles. The molecule has 3 heteroatoms. The second kappa shape index (κ2) is 11.6. The van der Waals surface area contributed by atoms with Crippen molar-refractivity contribution in [1.29, 1.82) is 0 Å². The van der Waals surface area contributed by atoms with Crippen molar-refractivity contribution in [3.8, 4) is 44.8 Å². The van der Waals surface area contributed by atoms with Crippen molar-refractivity contribution in [3.63, 3.8) is 0 Å². The topological polar surface area (TPSA) is 25.8 Å². The van der Waals surface area contributed by atoms with Crippen molar-refractivity contribution in [1.82, 2.24) is 9.97 Å². The predicted molar refractivity (Wildman–Crippen MR) is 173 cm³/mol. The van der Waals surface area contributed by atoms with Gasteiger partial charge in [0.2, 0.25) is 0 Å². The molecular weight excluding hydrogens is 716 g/mol. The second-order valence-electron chi connectivity index (χ2n) is 10.8. The molecule has 0 unspecified atom stereocenters. The Morgan fingerprint density at radius 3 is 1.64 bits per heavy atom. The molecule has 5 aromatic carbocycles. The van der Waals surface area contributed by atoms with Crippen molar-refractivity contribution >= 4 is 0 Å². The van der Waals surface area contributed by atoms with Gasteiger partial charge in [0, 0.05) is 17.8 Å². The molecule has 0 atom stereocenters. The third-order valence-corrected chi connectivity index (χ3v) is 8.43. The third-order valence-electron chi connectivity index (χ3n) is 8.43. The molecular formula is C41H26N2Pt. The molecule has 7 aromatic rings. The largest absolute Gasteiger partial charge is 2.00 e. The van der Waals surface area contributed by atoms with Gasteiger partial charge in [-0.2, -0.15) is 0 Å². The van der Waals surface area contributed by atoms with Gasteiger partial charge in [-0.1, -0.05) is 97.1 Å². The molecule has 0 bridgehead atoms. The number of benzene rings is 5. The van der Waals surface area contributed by atoms with Crippen LogP contribution in [0.15, 0.2) is 158 Å². The van der Waals surface area contributed by atoms with Gasteiger partial charge in [-0.3, -0.25) is 0 Å². The van der Waals surface area contributed by atoms with Crippen LogP contribution in [0.5, 0.6) is 0 Å². The van der Waals surface area contributed by atoms with Crippen molar-refractivity contribution < 1.29 is 21.1 Å². The summed E-state index contributed by atoms with van der Waals surface area (Å²) < 4.78 is 0. The Bertz CT molecular complexity index is 2040. The molecule has 0 radical (unpaired) electrons. The van der Waals surface area contributed by atoms with Crippen molar-refractivity contribution in [2.45, 2.75) is 5.41 Å². The van der Waals surface area contributed by atoms with Gasteiger partial charge in [-0.15, -0.1) is 70.8 Å². The van der Waals surface area contributed by atoms with Gasteiger partial charge in [0.15, 0.2) is 0 Å². The molecule has 0 saturated carbocycles. The van der Waals surface area contributed by atoms with Gasteiger partial charge in [0.25, 0.3) is 0 Å². The van der Waals surface area contributed by atoms with E-state index < -0.39 is 5.41 Å².